The van der Waals surface area contributed by atoms with E-state index < -0.39 is 10.0 Å². The fraction of sp³-hybridized carbons (Fsp3) is 0.208. The van der Waals surface area contributed by atoms with Gasteiger partial charge in [-0.1, -0.05) is 37.3 Å². The molecule has 3 rings (SSSR count). The van der Waals surface area contributed by atoms with Crippen molar-refractivity contribution in [2.75, 3.05) is 22.8 Å². The van der Waals surface area contributed by atoms with Crippen molar-refractivity contribution in [3.8, 4) is 5.75 Å². The van der Waals surface area contributed by atoms with Crippen molar-refractivity contribution in [2.45, 2.75) is 25.2 Å². The lowest BCUT2D eigenvalue weighted by molar-refractivity contribution is -0.118. The van der Waals surface area contributed by atoms with Crippen LogP contribution in [0, 0.1) is 0 Å². The monoisotopic (exact) mass is 438 g/mol. The Morgan fingerprint density at radius 1 is 0.935 bits per heavy atom. The number of anilines is 2. The molecule has 0 heterocycles. The number of nitrogens with zero attached hydrogens (tertiary/aromatic N) is 1. The van der Waals surface area contributed by atoms with E-state index in [4.69, 9.17) is 4.74 Å². The van der Waals surface area contributed by atoms with Gasteiger partial charge in [-0.25, -0.2) is 8.42 Å². The molecule has 7 heteroatoms. The van der Waals surface area contributed by atoms with Crippen LogP contribution in [0.1, 0.15) is 19.4 Å². The minimum Gasteiger partial charge on any atom is -0.484 e. The lowest BCUT2D eigenvalue weighted by atomic mass is 10.2. The van der Waals surface area contributed by atoms with Gasteiger partial charge in [0.05, 0.1) is 10.6 Å². The van der Waals surface area contributed by atoms with Crippen molar-refractivity contribution in [1.29, 1.82) is 0 Å². The minimum absolute atomic E-state index is 0.134. The second-order valence-electron chi connectivity index (χ2n) is 6.87. The molecule has 0 spiro atoms. The van der Waals surface area contributed by atoms with E-state index in [2.05, 4.69) is 12.2 Å². The van der Waals surface area contributed by atoms with Crippen molar-refractivity contribution in [3.63, 3.8) is 0 Å². The molecule has 0 aliphatic carbocycles. The van der Waals surface area contributed by atoms with Crippen LogP contribution in [0.2, 0.25) is 0 Å². The first-order chi connectivity index (χ1) is 14.9. The molecule has 0 bridgehead atoms. The predicted molar refractivity (Wildman–Crippen MR) is 123 cm³/mol. The smallest absolute Gasteiger partial charge is 0.264 e. The first-order valence-corrected chi connectivity index (χ1v) is 11.6. The fourth-order valence-electron chi connectivity index (χ4n) is 3.12. The first kappa shape index (κ1) is 22.4. The molecule has 0 fully saturated rings. The van der Waals surface area contributed by atoms with Crippen molar-refractivity contribution in [2.24, 2.45) is 0 Å². The number of sulfonamides is 1. The summed E-state index contributed by atoms with van der Waals surface area (Å²) in [6, 6.07) is 22.7. The molecular formula is C24H26N2O4S. The van der Waals surface area contributed by atoms with Crippen LogP contribution in [-0.4, -0.2) is 27.5 Å². The van der Waals surface area contributed by atoms with Gasteiger partial charge in [0, 0.05) is 12.2 Å². The molecule has 0 unspecified atom stereocenters. The van der Waals surface area contributed by atoms with Gasteiger partial charge in [0.2, 0.25) is 0 Å². The number of amides is 1. The highest BCUT2D eigenvalue weighted by molar-refractivity contribution is 7.92. The largest absolute Gasteiger partial charge is 0.484 e. The van der Waals surface area contributed by atoms with E-state index in [-0.39, 0.29) is 17.4 Å². The van der Waals surface area contributed by atoms with Gasteiger partial charge in [0.15, 0.2) is 6.61 Å². The van der Waals surface area contributed by atoms with Crippen LogP contribution in [0.15, 0.2) is 83.8 Å². The highest BCUT2D eigenvalue weighted by Crippen LogP contribution is 2.24. The maximum atomic E-state index is 13.0. The zero-order valence-corrected chi connectivity index (χ0v) is 18.4. The van der Waals surface area contributed by atoms with Crippen molar-refractivity contribution in [3.05, 3.63) is 84.4 Å². The standard InChI is InChI=1S/C24H26N2O4S/c1-3-19-9-8-12-22(17-19)30-18-24(27)25-20-13-15-23(16-14-20)31(28,29)26(4-2)21-10-6-5-7-11-21/h5-17H,3-4,18H2,1-2H3,(H,25,27). The van der Waals surface area contributed by atoms with Gasteiger partial charge in [0.25, 0.3) is 15.9 Å². The maximum Gasteiger partial charge on any atom is 0.264 e. The van der Waals surface area contributed by atoms with E-state index >= 15 is 0 Å². The average molecular weight is 439 g/mol. The summed E-state index contributed by atoms with van der Waals surface area (Å²) in [6.07, 6.45) is 0.887. The summed E-state index contributed by atoms with van der Waals surface area (Å²) in [5.41, 5.74) is 2.23. The molecule has 3 aromatic carbocycles. The van der Waals surface area contributed by atoms with E-state index in [0.29, 0.717) is 23.7 Å². The topological polar surface area (TPSA) is 75.7 Å². The maximum absolute atomic E-state index is 13.0. The van der Waals surface area contributed by atoms with Gasteiger partial charge < -0.3 is 10.1 Å². The van der Waals surface area contributed by atoms with E-state index in [0.717, 1.165) is 12.0 Å². The third kappa shape index (κ3) is 5.64. The molecule has 0 aliphatic rings. The van der Waals surface area contributed by atoms with E-state index in [1.807, 2.05) is 24.3 Å². The summed E-state index contributed by atoms with van der Waals surface area (Å²) in [5.74, 6) is 0.313. The average Bonchev–Trinajstić information content (AvgIpc) is 2.79. The SMILES string of the molecule is CCc1cccc(OCC(=O)Nc2ccc(S(=O)(=O)N(CC)c3ccccc3)cc2)c1. The van der Waals surface area contributed by atoms with Crippen molar-refractivity contribution >= 4 is 27.3 Å². The van der Waals surface area contributed by atoms with Crippen LogP contribution in [-0.2, 0) is 21.2 Å². The zero-order valence-electron chi connectivity index (χ0n) is 17.6. The van der Waals surface area contributed by atoms with Gasteiger partial charge in [0.1, 0.15) is 5.75 Å². The number of carbonyl (C=O) groups is 1. The number of aryl methyl sites for hydroxylation is 1. The van der Waals surface area contributed by atoms with Crippen LogP contribution in [0.5, 0.6) is 5.75 Å². The second-order valence-corrected chi connectivity index (χ2v) is 8.73. The number of benzene rings is 3. The number of hydrogen-bond acceptors (Lipinski definition) is 4. The third-order valence-electron chi connectivity index (χ3n) is 4.73. The molecule has 31 heavy (non-hydrogen) atoms. The minimum atomic E-state index is -3.71. The highest BCUT2D eigenvalue weighted by Gasteiger charge is 2.23. The van der Waals surface area contributed by atoms with Gasteiger partial charge in [-0.3, -0.25) is 9.10 Å². The highest BCUT2D eigenvalue weighted by atomic mass is 32.2. The summed E-state index contributed by atoms with van der Waals surface area (Å²) in [6.45, 7) is 4.01. The van der Waals surface area contributed by atoms with Crippen LogP contribution in [0.25, 0.3) is 0 Å². The summed E-state index contributed by atoms with van der Waals surface area (Å²) in [4.78, 5) is 12.4. The van der Waals surface area contributed by atoms with E-state index in [9.17, 15) is 13.2 Å². The number of hydrogen-bond donors (Lipinski definition) is 1. The van der Waals surface area contributed by atoms with E-state index in [1.54, 1.807) is 49.4 Å². The Morgan fingerprint density at radius 2 is 1.65 bits per heavy atom. The molecule has 0 aromatic heterocycles. The molecule has 0 atom stereocenters. The molecule has 6 nitrogen and oxygen atoms in total. The number of para-hydroxylation sites is 1. The van der Waals surface area contributed by atoms with Crippen LogP contribution >= 0.6 is 0 Å². The Labute approximate surface area is 183 Å². The third-order valence-corrected chi connectivity index (χ3v) is 6.65. The number of nitrogens with one attached hydrogen (secondary N) is 1. The van der Waals surface area contributed by atoms with Gasteiger partial charge in [-0.05, 0) is 67.4 Å². The predicted octanol–water partition coefficient (Wildman–Crippen LogP) is 4.48. The molecule has 3 aromatic rings. The molecule has 0 radical (unpaired) electrons. The van der Waals surface area contributed by atoms with Crippen molar-refractivity contribution in [1.82, 2.24) is 0 Å². The fourth-order valence-corrected chi connectivity index (χ4v) is 4.60. The Kier molecular flexibility index (Phi) is 7.31. The molecule has 1 amide bonds. The molecule has 0 saturated heterocycles. The Bertz CT molecular complexity index is 1110. The summed E-state index contributed by atoms with van der Waals surface area (Å²) in [5, 5.41) is 2.72. The first-order valence-electron chi connectivity index (χ1n) is 10.1. The molecular weight excluding hydrogens is 412 g/mol. The summed E-state index contributed by atoms with van der Waals surface area (Å²) >= 11 is 0. The molecule has 0 aliphatic heterocycles. The lowest BCUT2D eigenvalue weighted by Crippen LogP contribution is -2.30. The van der Waals surface area contributed by atoms with Crippen LogP contribution in [0.3, 0.4) is 0 Å². The van der Waals surface area contributed by atoms with Gasteiger partial charge in [-0.15, -0.1) is 0 Å². The number of rotatable bonds is 9. The second kappa shape index (κ2) is 10.1. The van der Waals surface area contributed by atoms with Gasteiger partial charge in [-0.2, -0.15) is 0 Å². The normalized spacial score (nSPS) is 11.0. The quantitative estimate of drug-likeness (QED) is 0.534. The lowest BCUT2D eigenvalue weighted by Gasteiger charge is -2.23. The Hall–Kier alpha value is -3.32. The van der Waals surface area contributed by atoms with Crippen LogP contribution in [0.4, 0.5) is 11.4 Å². The summed E-state index contributed by atoms with van der Waals surface area (Å²) < 4.78 is 32.9. The van der Waals surface area contributed by atoms with Gasteiger partial charge >= 0.3 is 0 Å². The van der Waals surface area contributed by atoms with E-state index in [1.165, 1.54) is 16.4 Å². The van der Waals surface area contributed by atoms with Crippen molar-refractivity contribution < 1.29 is 17.9 Å². The van der Waals surface area contributed by atoms with Crippen LogP contribution < -0.4 is 14.4 Å². The molecule has 0 saturated carbocycles. The summed E-state index contributed by atoms with van der Waals surface area (Å²) in [7, 11) is -3.71. The Morgan fingerprint density at radius 3 is 2.29 bits per heavy atom. The number of carbonyl (C=O) groups excluding carboxylic acids is 1. The molecule has 1 N–H and O–H groups in total. The Balaban J connectivity index is 1.64. The molecule has 162 valence electrons. The zero-order chi connectivity index (χ0) is 22.3. The number of ether oxygens (including phenoxy) is 1.